The highest BCUT2D eigenvalue weighted by Gasteiger charge is 2.11. The first-order chi connectivity index (χ1) is 6.69. The maximum Gasteiger partial charge on any atom is 0.153 e. The van der Waals surface area contributed by atoms with E-state index < -0.39 is 0 Å². The Hall–Kier alpha value is -0.540. The van der Waals surface area contributed by atoms with Crippen LogP contribution in [0.1, 0.15) is 13.3 Å². The number of thioether (sulfide) groups is 1. The van der Waals surface area contributed by atoms with E-state index in [1.54, 1.807) is 11.8 Å². The Balaban J connectivity index is 3.03. The van der Waals surface area contributed by atoms with Gasteiger partial charge in [0, 0.05) is 17.2 Å². The van der Waals surface area contributed by atoms with E-state index in [9.17, 15) is 4.79 Å². The lowest BCUT2D eigenvalue weighted by atomic mass is 10.1. The van der Waals surface area contributed by atoms with Crippen LogP contribution in [0.2, 0.25) is 0 Å². The van der Waals surface area contributed by atoms with Crippen LogP contribution in [0.4, 0.5) is 0 Å². The van der Waals surface area contributed by atoms with Crippen LogP contribution in [-0.4, -0.2) is 17.6 Å². The molecule has 1 heterocycles. The van der Waals surface area contributed by atoms with Crippen LogP contribution >= 0.6 is 23.4 Å². The Morgan fingerprint density at radius 3 is 3.00 bits per heavy atom. The average Bonchev–Trinajstić information content (AvgIpc) is 2.19. The topological polar surface area (TPSA) is 29.4 Å². The molecule has 0 aromatic heterocycles. The van der Waals surface area contributed by atoms with E-state index in [1.807, 2.05) is 12.3 Å². The standard InChI is InChI=1S/C10H12ClNOS/c1-7-3-4-9(11)8(6-13)5-12-10(7)14-2/h4-7H,3H2,1-2H3/b8-5-,9-4-,12-10?. The molecular weight excluding hydrogens is 218 g/mol. The van der Waals surface area contributed by atoms with Gasteiger partial charge in [0.1, 0.15) is 0 Å². The minimum atomic E-state index is 0.364. The Kier molecular flexibility index (Phi) is 4.42. The fourth-order valence-electron chi connectivity index (χ4n) is 1.16. The predicted molar refractivity (Wildman–Crippen MR) is 62.8 cm³/mol. The minimum absolute atomic E-state index is 0.364. The molecule has 0 radical (unpaired) electrons. The summed E-state index contributed by atoms with van der Waals surface area (Å²) in [6.45, 7) is 2.09. The van der Waals surface area contributed by atoms with Gasteiger partial charge in [-0.1, -0.05) is 24.6 Å². The van der Waals surface area contributed by atoms with Crippen molar-refractivity contribution in [2.45, 2.75) is 13.3 Å². The van der Waals surface area contributed by atoms with Gasteiger partial charge in [-0.2, -0.15) is 0 Å². The number of hydrogen-bond donors (Lipinski definition) is 0. The number of aldehydes is 1. The summed E-state index contributed by atoms with van der Waals surface area (Å²) in [5.41, 5.74) is 0.449. The first-order valence-electron chi connectivity index (χ1n) is 4.32. The molecule has 0 spiro atoms. The maximum atomic E-state index is 10.6. The molecule has 0 N–H and O–H groups in total. The van der Waals surface area contributed by atoms with Crippen molar-refractivity contribution in [2.24, 2.45) is 10.9 Å². The molecule has 0 bridgehead atoms. The third kappa shape index (κ3) is 2.72. The van der Waals surface area contributed by atoms with Gasteiger partial charge in [-0.3, -0.25) is 9.79 Å². The summed E-state index contributed by atoms with van der Waals surface area (Å²) in [6.07, 6.45) is 6.95. The van der Waals surface area contributed by atoms with Crippen molar-refractivity contribution in [3.63, 3.8) is 0 Å². The van der Waals surface area contributed by atoms with Crippen LogP contribution < -0.4 is 0 Å². The average molecular weight is 230 g/mol. The van der Waals surface area contributed by atoms with Crippen LogP contribution in [0.5, 0.6) is 0 Å². The van der Waals surface area contributed by atoms with Crippen LogP contribution in [0.3, 0.4) is 0 Å². The summed E-state index contributed by atoms with van der Waals surface area (Å²) in [6, 6.07) is 0. The molecule has 0 amide bonds. The highest BCUT2D eigenvalue weighted by Crippen LogP contribution is 2.22. The van der Waals surface area contributed by atoms with Crippen molar-refractivity contribution in [1.29, 1.82) is 0 Å². The predicted octanol–water partition coefficient (Wildman–Crippen LogP) is 2.99. The Morgan fingerprint density at radius 2 is 2.43 bits per heavy atom. The van der Waals surface area contributed by atoms with Crippen molar-refractivity contribution in [2.75, 3.05) is 6.26 Å². The van der Waals surface area contributed by atoms with Crippen molar-refractivity contribution in [1.82, 2.24) is 0 Å². The van der Waals surface area contributed by atoms with E-state index >= 15 is 0 Å². The third-order valence-corrected chi connectivity index (χ3v) is 3.31. The highest BCUT2D eigenvalue weighted by atomic mass is 35.5. The highest BCUT2D eigenvalue weighted by molar-refractivity contribution is 8.13. The molecule has 0 aliphatic carbocycles. The molecule has 2 nitrogen and oxygen atoms in total. The molecule has 1 unspecified atom stereocenters. The quantitative estimate of drug-likeness (QED) is 0.647. The van der Waals surface area contributed by atoms with Crippen molar-refractivity contribution < 1.29 is 4.79 Å². The van der Waals surface area contributed by atoms with E-state index in [2.05, 4.69) is 11.9 Å². The molecule has 1 aliphatic rings. The lowest BCUT2D eigenvalue weighted by molar-refractivity contribution is -0.104. The van der Waals surface area contributed by atoms with Gasteiger partial charge in [0.2, 0.25) is 0 Å². The number of halogens is 1. The van der Waals surface area contributed by atoms with Crippen LogP contribution in [0, 0.1) is 5.92 Å². The van der Waals surface area contributed by atoms with E-state index in [0.29, 0.717) is 16.5 Å². The molecule has 0 aromatic carbocycles. The number of hydrogen-bond acceptors (Lipinski definition) is 3. The number of nitrogens with zero attached hydrogens (tertiary/aromatic N) is 1. The number of rotatable bonds is 1. The summed E-state index contributed by atoms with van der Waals surface area (Å²) < 4.78 is 0. The molecule has 4 heteroatoms. The van der Waals surface area contributed by atoms with Crippen molar-refractivity contribution in [3.05, 3.63) is 22.9 Å². The van der Waals surface area contributed by atoms with Gasteiger partial charge in [-0.05, 0) is 12.7 Å². The van der Waals surface area contributed by atoms with E-state index in [4.69, 9.17) is 11.6 Å². The molecule has 1 atom stereocenters. The first-order valence-corrected chi connectivity index (χ1v) is 5.92. The second-order valence-corrected chi connectivity index (χ2v) is 4.30. The van der Waals surface area contributed by atoms with E-state index in [-0.39, 0.29) is 0 Å². The van der Waals surface area contributed by atoms with Crippen molar-refractivity contribution >= 4 is 34.7 Å². The lowest BCUT2D eigenvalue weighted by Crippen LogP contribution is -2.07. The molecule has 14 heavy (non-hydrogen) atoms. The normalized spacial score (nSPS) is 30.2. The fourth-order valence-corrected chi connectivity index (χ4v) is 2.00. The Morgan fingerprint density at radius 1 is 1.71 bits per heavy atom. The summed E-state index contributed by atoms with van der Waals surface area (Å²) in [7, 11) is 0. The zero-order valence-corrected chi connectivity index (χ0v) is 9.73. The third-order valence-electron chi connectivity index (χ3n) is 2.01. The van der Waals surface area contributed by atoms with Gasteiger partial charge in [-0.15, -0.1) is 11.8 Å². The molecule has 1 rings (SSSR count). The molecule has 0 fully saturated rings. The van der Waals surface area contributed by atoms with Crippen LogP contribution in [-0.2, 0) is 4.79 Å². The molecular formula is C10H12ClNOS. The van der Waals surface area contributed by atoms with Gasteiger partial charge in [0.05, 0.1) is 10.6 Å². The smallest absolute Gasteiger partial charge is 0.153 e. The number of allylic oxidation sites excluding steroid dienone is 3. The minimum Gasteiger partial charge on any atom is -0.298 e. The van der Waals surface area contributed by atoms with Gasteiger partial charge >= 0.3 is 0 Å². The van der Waals surface area contributed by atoms with E-state index in [0.717, 1.165) is 17.8 Å². The zero-order chi connectivity index (χ0) is 10.6. The maximum absolute atomic E-state index is 10.6. The van der Waals surface area contributed by atoms with Gasteiger partial charge in [0.25, 0.3) is 0 Å². The molecule has 76 valence electrons. The number of carbonyl (C=O) groups is 1. The largest absolute Gasteiger partial charge is 0.298 e. The molecule has 0 aromatic rings. The number of carbonyl (C=O) groups excluding carboxylic acids is 1. The summed E-state index contributed by atoms with van der Waals surface area (Å²) >= 11 is 7.51. The number of aliphatic imine (C=N–C) groups is 1. The van der Waals surface area contributed by atoms with Gasteiger partial charge in [-0.25, -0.2) is 0 Å². The molecule has 0 saturated heterocycles. The second kappa shape index (κ2) is 5.37. The monoisotopic (exact) mass is 229 g/mol. The van der Waals surface area contributed by atoms with Gasteiger partial charge < -0.3 is 0 Å². The van der Waals surface area contributed by atoms with Gasteiger partial charge in [0.15, 0.2) is 6.29 Å². The first kappa shape index (κ1) is 11.5. The second-order valence-electron chi connectivity index (χ2n) is 3.06. The van der Waals surface area contributed by atoms with Crippen LogP contribution in [0.25, 0.3) is 0 Å². The van der Waals surface area contributed by atoms with E-state index in [1.165, 1.54) is 6.20 Å². The molecule has 1 aliphatic heterocycles. The Bertz CT molecular complexity index is 320. The molecule has 0 saturated carbocycles. The van der Waals surface area contributed by atoms with Crippen molar-refractivity contribution in [3.8, 4) is 0 Å². The lowest BCUT2D eigenvalue weighted by Gasteiger charge is -2.12. The Labute approximate surface area is 93.1 Å². The summed E-state index contributed by atoms with van der Waals surface area (Å²) in [5.74, 6) is 0.364. The summed E-state index contributed by atoms with van der Waals surface area (Å²) in [4.78, 5) is 14.9. The summed E-state index contributed by atoms with van der Waals surface area (Å²) in [5, 5.41) is 1.53. The zero-order valence-electron chi connectivity index (χ0n) is 8.16. The van der Waals surface area contributed by atoms with Crippen LogP contribution in [0.15, 0.2) is 27.9 Å². The fraction of sp³-hybridized carbons (Fsp3) is 0.400. The SMILES string of the molecule is CSC1=N/C=C(C=O)\C(Cl)=C\CC1C.